The van der Waals surface area contributed by atoms with Gasteiger partial charge in [0, 0.05) is 12.6 Å². The molecule has 2 N–H and O–H groups in total. The topological polar surface area (TPSA) is 29.3 Å². The van der Waals surface area contributed by atoms with Crippen molar-refractivity contribution < 1.29 is 0 Å². The molecule has 0 heterocycles. The largest absolute Gasteiger partial charge is 0.326 e. The molecule has 0 radical (unpaired) electrons. The van der Waals surface area contributed by atoms with Crippen molar-refractivity contribution in [2.45, 2.75) is 44.7 Å². The van der Waals surface area contributed by atoms with Crippen molar-refractivity contribution in [2.24, 2.45) is 11.7 Å². The Morgan fingerprint density at radius 3 is 2.56 bits per heavy atom. The summed E-state index contributed by atoms with van der Waals surface area (Å²) in [6, 6.07) is 9.38. The normalized spacial score (nSPS) is 19.1. The highest BCUT2D eigenvalue weighted by Gasteiger charge is 2.26. The van der Waals surface area contributed by atoms with Crippen molar-refractivity contribution in [3.05, 3.63) is 35.4 Å². The van der Waals surface area contributed by atoms with E-state index in [4.69, 9.17) is 5.73 Å². The minimum Gasteiger partial charge on any atom is -0.326 e. The molecule has 1 aromatic rings. The van der Waals surface area contributed by atoms with E-state index in [1.54, 1.807) is 0 Å². The molecule has 0 amide bonds. The lowest BCUT2D eigenvalue weighted by Gasteiger charge is -2.35. The third-order valence-electron chi connectivity index (χ3n) is 4.18. The minimum atomic E-state index is 0.553. The predicted octanol–water partition coefficient (Wildman–Crippen LogP) is 3.33. The van der Waals surface area contributed by atoms with Crippen LogP contribution in [0.3, 0.4) is 0 Å². The second kappa shape index (κ2) is 6.35. The van der Waals surface area contributed by atoms with Crippen LogP contribution in [0.2, 0.25) is 0 Å². The van der Waals surface area contributed by atoms with E-state index in [0.29, 0.717) is 12.6 Å². The van der Waals surface area contributed by atoms with E-state index in [-0.39, 0.29) is 0 Å². The maximum atomic E-state index is 5.76. The average Bonchev–Trinajstić information content (AvgIpc) is 2.40. The number of nitrogens with two attached hydrogens (primary N) is 1. The molecule has 1 saturated carbocycles. The minimum absolute atomic E-state index is 0.553. The molecular weight excluding hydrogens is 220 g/mol. The molecule has 1 aromatic carbocycles. The van der Waals surface area contributed by atoms with Crippen LogP contribution in [0.15, 0.2) is 24.3 Å². The molecule has 0 bridgehead atoms. The van der Waals surface area contributed by atoms with Crippen LogP contribution in [0.25, 0.3) is 0 Å². The maximum Gasteiger partial charge on any atom is 0.0370 e. The summed E-state index contributed by atoms with van der Waals surface area (Å²) >= 11 is 0. The third-order valence-corrected chi connectivity index (χ3v) is 4.18. The zero-order valence-electron chi connectivity index (χ0n) is 11.7. The lowest BCUT2D eigenvalue weighted by atomic mass is 9.80. The fraction of sp³-hybridized carbons (Fsp3) is 0.625. The zero-order valence-corrected chi connectivity index (χ0v) is 11.7. The van der Waals surface area contributed by atoms with Gasteiger partial charge in [0.1, 0.15) is 0 Å². The Labute approximate surface area is 111 Å². The van der Waals surface area contributed by atoms with Crippen LogP contribution in [-0.4, -0.2) is 19.0 Å². The first-order valence-corrected chi connectivity index (χ1v) is 7.17. The fourth-order valence-electron chi connectivity index (χ4n) is 3.35. The van der Waals surface area contributed by atoms with Crippen molar-refractivity contribution >= 4 is 0 Å². The summed E-state index contributed by atoms with van der Waals surface area (Å²) in [5, 5.41) is 0. The van der Waals surface area contributed by atoms with Crippen LogP contribution in [0.5, 0.6) is 0 Å². The first-order valence-electron chi connectivity index (χ1n) is 7.17. The molecule has 0 aromatic heterocycles. The summed E-state index contributed by atoms with van der Waals surface area (Å²) in [7, 11) is 4.41. The van der Waals surface area contributed by atoms with Gasteiger partial charge in [-0.1, -0.05) is 43.5 Å². The summed E-state index contributed by atoms with van der Waals surface area (Å²) in [5.41, 5.74) is 8.45. The second-order valence-corrected chi connectivity index (χ2v) is 5.76. The Balaban J connectivity index is 2.22. The quantitative estimate of drug-likeness (QED) is 0.883. The average molecular weight is 246 g/mol. The second-order valence-electron chi connectivity index (χ2n) is 5.76. The molecule has 2 rings (SSSR count). The summed E-state index contributed by atoms with van der Waals surface area (Å²) in [6.07, 6.45) is 6.95. The molecular formula is C16H26N2. The smallest absolute Gasteiger partial charge is 0.0370 e. The van der Waals surface area contributed by atoms with Gasteiger partial charge in [0.25, 0.3) is 0 Å². The molecule has 1 atom stereocenters. The van der Waals surface area contributed by atoms with Crippen molar-refractivity contribution in [3.63, 3.8) is 0 Å². The van der Waals surface area contributed by atoms with Gasteiger partial charge in [-0.3, -0.25) is 0 Å². The van der Waals surface area contributed by atoms with Gasteiger partial charge in [-0.2, -0.15) is 0 Å². The SMILES string of the molecule is CN(C)C(c1cccc(CN)c1)C1CCCCC1. The Bertz CT molecular complexity index is 367. The Hall–Kier alpha value is -0.860. The molecule has 1 fully saturated rings. The molecule has 18 heavy (non-hydrogen) atoms. The van der Waals surface area contributed by atoms with Gasteiger partial charge in [-0.25, -0.2) is 0 Å². The maximum absolute atomic E-state index is 5.76. The summed E-state index contributed by atoms with van der Waals surface area (Å²) in [4.78, 5) is 2.38. The van der Waals surface area contributed by atoms with Crippen LogP contribution in [0.4, 0.5) is 0 Å². The lowest BCUT2D eigenvalue weighted by molar-refractivity contribution is 0.171. The van der Waals surface area contributed by atoms with Crippen LogP contribution >= 0.6 is 0 Å². The number of nitrogens with zero attached hydrogens (tertiary/aromatic N) is 1. The van der Waals surface area contributed by atoms with Gasteiger partial charge >= 0.3 is 0 Å². The van der Waals surface area contributed by atoms with Gasteiger partial charge in [-0.15, -0.1) is 0 Å². The van der Waals surface area contributed by atoms with E-state index in [2.05, 4.69) is 43.3 Å². The molecule has 0 aliphatic heterocycles. The fourth-order valence-corrected chi connectivity index (χ4v) is 3.35. The summed E-state index contributed by atoms with van der Waals surface area (Å²) in [5.74, 6) is 0.807. The number of benzene rings is 1. The Morgan fingerprint density at radius 1 is 1.22 bits per heavy atom. The highest BCUT2D eigenvalue weighted by Crippen LogP contribution is 2.37. The molecule has 2 heteroatoms. The number of hydrogen-bond donors (Lipinski definition) is 1. The zero-order chi connectivity index (χ0) is 13.0. The van der Waals surface area contributed by atoms with E-state index in [0.717, 1.165) is 5.92 Å². The van der Waals surface area contributed by atoms with Crippen molar-refractivity contribution in [2.75, 3.05) is 14.1 Å². The number of hydrogen-bond acceptors (Lipinski definition) is 2. The standard InChI is InChI=1S/C16H26N2/c1-18(2)16(14-8-4-3-5-9-14)15-10-6-7-13(11-15)12-17/h6-7,10-11,14,16H,3-5,8-9,12,17H2,1-2H3. The third kappa shape index (κ3) is 3.12. The number of rotatable bonds is 4. The summed E-state index contributed by atoms with van der Waals surface area (Å²) in [6.45, 7) is 0.638. The van der Waals surface area contributed by atoms with E-state index in [1.165, 1.54) is 43.2 Å². The summed E-state index contributed by atoms with van der Waals surface area (Å²) < 4.78 is 0. The highest BCUT2D eigenvalue weighted by atomic mass is 15.1. The Morgan fingerprint density at radius 2 is 1.94 bits per heavy atom. The van der Waals surface area contributed by atoms with Gasteiger partial charge in [0.05, 0.1) is 0 Å². The predicted molar refractivity (Wildman–Crippen MR) is 77.3 cm³/mol. The van der Waals surface area contributed by atoms with Crippen molar-refractivity contribution in [1.29, 1.82) is 0 Å². The first-order chi connectivity index (χ1) is 8.72. The van der Waals surface area contributed by atoms with E-state index in [1.807, 2.05) is 0 Å². The molecule has 0 spiro atoms. The van der Waals surface area contributed by atoms with E-state index >= 15 is 0 Å². The molecule has 2 nitrogen and oxygen atoms in total. The van der Waals surface area contributed by atoms with Gasteiger partial charge < -0.3 is 10.6 Å². The van der Waals surface area contributed by atoms with E-state index in [9.17, 15) is 0 Å². The van der Waals surface area contributed by atoms with Crippen molar-refractivity contribution in [1.82, 2.24) is 4.90 Å². The Kier molecular flexibility index (Phi) is 4.79. The van der Waals surface area contributed by atoms with E-state index < -0.39 is 0 Å². The first kappa shape index (κ1) is 13.6. The lowest BCUT2D eigenvalue weighted by Crippen LogP contribution is -2.29. The molecule has 0 saturated heterocycles. The van der Waals surface area contributed by atoms with Crippen LogP contribution in [0, 0.1) is 5.92 Å². The van der Waals surface area contributed by atoms with Gasteiger partial charge in [0.2, 0.25) is 0 Å². The van der Waals surface area contributed by atoms with Gasteiger partial charge in [-0.05, 0) is 44.0 Å². The highest BCUT2D eigenvalue weighted by molar-refractivity contribution is 5.26. The van der Waals surface area contributed by atoms with Crippen LogP contribution in [-0.2, 0) is 6.54 Å². The van der Waals surface area contributed by atoms with Crippen LogP contribution < -0.4 is 5.73 Å². The molecule has 1 unspecified atom stereocenters. The van der Waals surface area contributed by atoms with Gasteiger partial charge in [0.15, 0.2) is 0 Å². The molecule has 1 aliphatic carbocycles. The molecule has 1 aliphatic rings. The van der Waals surface area contributed by atoms with Crippen molar-refractivity contribution in [3.8, 4) is 0 Å². The molecule has 100 valence electrons. The monoisotopic (exact) mass is 246 g/mol. The van der Waals surface area contributed by atoms with Crippen LogP contribution in [0.1, 0.15) is 49.3 Å².